The van der Waals surface area contributed by atoms with E-state index < -0.39 is 10.0 Å². The largest absolute Gasteiger partial charge is 0.351 e. The number of hydrogen-bond acceptors (Lipinski definition) is 4. The van der Waals surface area contributed by atoms with Crippen LogP contribution in [-0.2, 0) is 15.8 Å². The first-order valence-corrected chi connectivity index (χ1v) is 11.9. The zero-order valence-corrected chi connectivity index (χ0v) is 18.2. The number of hydrogen-bond donors (Lipinski definition) is 2. The number of sulfonamides is 1. The van der Waals surface area contributed by atoms with E-state index in [1.165, 1.54) is 18.2 Å². The van der Waals surface area contributed by atoms with Crippen LogP contribution in [0, 0.1) is 0 Å². The van der Waals surface area contributed by atoms with E-state index in [1.54, 1.807) is 17.8 Å². The average Bonchev–Trinajstić information content (AvgIpc) is 2.58. The van der Waals surface area contributed by atoms with Gasteiger partial charge in [0.2, 0.25) is 10.0 Å². The molecule has 0 aromatic heterocycles. The molecule has 2 rings (SSSR count). The second-order valence-corrected chi connectivity index (χ2v) is 9.70. The van der Waals surface area contributed by atoms with Crippen molar-refractivity contribution >= 4 is 68.2 Å². The molecule has 0 atom stereocenters. The SMILES string of the molecule is CS(=O)(=O)Nc1ccc(C(=O)NCCSCc2ccc(Cl)c(Cl)c2)cc1Cl. The molecule has 1 amide bonds. The fraction of sp³-hybridized carbons (Fsp3) is 0.235. The number of carbonyl (C=O) groups is 1. The van der Waals surface area contributed by atoms with E-state index >= 15 is 0 Å². The van der Waals surface area contributed by atoms with Gasteiger partial charge in [-0.1, -0.05) is 40.9 Å². The highest BCUT2D eigenvalue weighted by Gasteiger charge is 2.11. The molecule has 5 nitrogen and oxygen atoms in total. The smallest absolute Gasteiger partial charge is 0.251 e. The van der Waals surface area contributed by atoms with E-state index in [0.29, 0.717) is 27.9 Å². The monoisotopic (exact) mass is 466 g/mol. The molecule has 0 aliphatic rings. The molecule has 146 valence electrons. The van der Waals surface area contributed by atoms with Crippen molar-refractivity contribution in [3.05, 3.63) is 62.6 Å². The number of nitrogens with one attached hydrogen (secondary N) is 2. The zero-order chi connectivity index (χ0) is 20.0. The molecular formula is C17H17Cl3N2O3S2. The van der Waals surface area contributed by atoms with Gasteiger partial charge in [-0.2, -0.15) is 11.8 Å². The van der Waals surface area contributed by atoms with Gasteiger partial charge in [0.1, 0.15) is 0 Å². The number of halogens is 3. The normalized spacial score (nSPS) is 11.3. The van der Waals surface area contributed by atoms with Crippen molar-refractivity contribution in [2.75, 3.05) is 23.3 Å². The molecule has 2 aromatic rings. The molecule has 0 aliphatic heterocycles. The van der Waals surface area contributed by atoms with E-state index in [2.05, 4.69) is 10.0 Å². The van der Waals surface area contributed by atoms with Crippen LogP contribution in [-0.4, -0.2) is 32.9 Å². The predicted octanol–water partition coefficient (Wildman–Crippen LogP) is 4.68. The maximum atomic E-state index is 12.2. The molecule has 0 saturated carbocycles. The lowest BCUT2D eigenvalue weighted by atomic mass is 10.2. The molecule has 2 N–H and O–H groups in total. The van der Waals surface area contributed by atoms with Crippen molar-refractivity contribution < 1.29 is 13.2 Å². The summed E-state index contributed by atoms with van der Waals surface area (Å²) >= 11 is 19.5. The van der Waals surface area contributed by atoms with Crippen LogP contribution in [0.4, 0.5) is 5.69 Å². The van der Waals surface area contributed by atoms with Gasteiger partial charge in [-0.05, 0) is 35.9 Å². The first-order valence-electron chi connectivity index (χ1n) is 7.73. The van der Waals surface area contributed by atoms with E-state index in [9.17, 15) is 13.2 Å². The summed E-state index contributed by atoms with van der Waals surface area (Å²) in [5, 5.41) is 4.00. The Labute approximate surface area is 177 Å². The Bertz CT molecular complexity index is 937. The van der Waals surface area contributed by atoms with Crippen LogP contribution >= 0.6 is 46.6 Å². The van der Waals surface area contributed by atoms with Crippen LogP contribution in [0.3, 0.4) is 0 Å². The minimum Gasteiger partial charge on any atom is -0.351 e. The minimum absolute atomic E-state index is 0.155. The summed E-state index contributed by atoms with van der Waals surface area (Å²) in [7, 11) is -3.43. The van der Waals surface area contributed by atoms with Gasteiger partial charge in [0.15, 0.2) is 0 Å². The standard InChI is InChI=1S/C17H17Cl3N2O3S2/c1-27(24,25)22-16-5-3-12(9-15(16)20)17(23)21-6-7-26-10-11-2-4-13(18)14(19)8-11/h2-5,8-9,22H,6-7,10H2,1H3,(H,21,23). The quantitative estimate of drug-likeness (QED) is 0.553. The van der Waals surface area contributed by atoms with Crippen LogP contribution in [0.5, 0.6) is 0 Å². The lowest BCUT2D eigenvalue weighted by Gasteiger charge is -2.09. The predicted molar refractivity (Wildman–Crippen MR) is 115 cm³/mol. The van der Waals surface area contributed by atoms with Crippen molar-refractivity contribution in [2.45, 2.75) is 5.75 Å². The van der Waals surface area contributed by atoms with Crippen molar-refractivity contribution in [1.82, 2.24) is 5.32 Å². The Balaban J connectivity index is 1.80. The first kappa shape index (κ1) is 22.2. The topological polar surface area (TPSA) is 75.3 Å². The maximum absolute atomic E-state index is 12.2. The van der Waals surface area contributed by atoms with Gasteiger partial charge in [-0.15, -0.1) is 0 Å². The Kier molecular flexibility index (Phi) is 8.12. The van der Waals surface area contributed by atoms with E-state index in [-0.39, 0.29) is 16.6 Å². The molecule has 0 fully saturated rings. The van der Waals surface area contributed by atoms with Gasteiger partial charge in [0, 0.05) is 23.6 Å². The summed E-state index contributed by atoms with van der Waals surface area (Å²) < 4.78 is 24.8. The minimum atomic E-state index is -3.43. The molecular weight excluding hydrogens is 451 g/mol. The second kappa shape index (κ2) is 9.89. The summed E-state index contributed by atoms with van der Waals surface area (Å²) in [6, 6.07) is 9.88. The number of rotatable bonds is 8. The Hall–Kier alpha value is -1.12. The Morgan fingerprint density at radius 2 is 1.78 bits per heavy atom. The summed E-state index contributed by atoms with van der Waals surface area (Å²) in [6.45, 7) is 0.478. The van der Waals surface area contributed by atoms with Crippen molar-refractivity contribution in [3.63, 3.8) is 0 Å². The summed E-state index contributed by atoms with van der Waals surface area (Å²) in [6.07, 6.45) is 1.03. The summed E-state index contributed by atoms with van der Waals surface area (Å²) in [5.41, 5.74) is 1.64. The van der Waals surface area contributed by atoms with Gasteiger partial charge in [0.25, 0.3) is 5.91 Å². The molecule has 0 bridgehead atoms. The molecule has 0 unspecified atom stereocenters. The van der Waals surface area contributed by atoms with Gasteiger partial charge < -0.3 is 5.32 Å². The molecule has 0 aliphatic carbocycles. The van der Waals surface area contributed by atoms with Crippen LogP contribution in [0.15, 0.2) is 36.4 Å². The maximum Gasteiger partial charge on any atom is 0.251 e. The number of amides is 1. The third kappa shape index (κ3) is 7.43. The number of thioether (sulfide) groups is 1. The summed E-state index contributed by atoms with van der Waals surface area (Å²) in [5.74, 6) is 1.19. The van der Waals surface area contributed by atoms with Crippen molar-refractivity contribution in [2.24, 2.45) is 0 Å². The van der Waals surface area contributed by atoms with E-state index in [0.717, 1.165) is 17.6 Å². The Morgan fingerprint density at radius 1 is 1.04 bits per heavy atom. The summed E-state index contributed by atoms with van der Waals surface area (Å²) in [4.78, 5) is 12.2. The second-order valence-electron chi connectivity index (χ2n) is 5.63. The van der Waals surface area contributed by atoms with Crippen LogP contribution < -0.4 is 10.0 Å². The van der Waals surface area contributed by atoms with Crippen molar-refractivity contribution in [3.8, 4) is 0 Å². The van der Waals surface area contributed by atoms with Crippen LogP contribution in [0.25, 0.3) is 0 Å². The highest BCUT2D eigenvalue weighted by molar-refractivity contribution is 7.98. The molecule has 0 radical (unpaired) electrons. The van der Waals surface area contributed by atoms with E-state index in [4.69, 9.17) is 34.8 Å². The lowest BCUT2D eigenvalue weighted by Crippen LogP contribution is -2.25. The third-order valence-electron chi connectivity index (χ3n) is 3.31. The van der Waals surface area contributed by atoms with Gasteiger partial charge >= 0.3 is 0 Å². The zero-order valence-electron chi connectivity index (χ0n) is 14.3. The number of anilines is 1. The molecule has 2 aromatic carbocycles. The highest BCUT2D eigenvalue weighted by Crippen LogP contribution is 2.25. The fourth-order valence-electron chi connectivity index (χ4n) is 2.10. The van der Waals surface area contributed by atoms with E-state index in [1.807, 2.05) is 12.1 Å². The van der Waals surface area contributed by atoms with Crippen molar-refractivity contribution in [1.29, 1.82) is 0 Å². The van der Waals surface area contributed by atoms with Gasteiger partial charge in [-0.3, -0.25) is 9.52 Å². The number of benzene rings is 2. The fourth-order valence-corrected chi connectivity index (χ4v) is 4.09. The molecule has 0 saturated heterocycles. The molecule has 10 heteroatoms. The van der Waals surface area contributed by atoms with Gasteiger partial charge in [0.05, 0.1) is 27.0 Å². The van der Waals surface area contributed by atoms with Crippen LogP contribution in [0.2, 0.25) is 15.1 Å². The first-order chi connectivity index (χ1) is 12.7. The van der Waals surface area contributed by atoms with Gasteiger partial charge in [-0.25, -0.2) is 8.42 Å². The Morgan fingerprint density at radius 3 is 2.41 bits per heavy atom. The molecule has 0 heterocycles. The third-order valence-corrected chi connectivity index (χ3v) is 5.98. The van der Waals surface area contributed by atoms with Crippen LogP contribution in [0.1, 0.15) is 15.9 Å². The average molecular weight is 468 g/mol. The molecule has 0 spiro atoms. The number of carbonyl (C=O) groups excluding carboxylic acids is 1. The highest BCUT2D eigenvalue weighted by atomic mass is 35.5. The lowest BCUT2D eigenvalue weighted by molar-refractivity contribution is 0.0956. The molecule has 27 heavy (non-hydrogen) atoms.